The van der Waals surface area contributed by atoms with E-state index in [9.17, 15) is 13.2 Å². The Hall–Kier alpha value is -1.25. The molecule has 0 radical (unpaired) electrons. The number of hydrogen-bond acceptors (Lipinski definition) is 5. The molecule has 2 bridgehead atoms. The second kappa shape index (κ2) is 6.92. The van der Waals surface area contributed by atoms with Crippen molar-refractivity contribution < 1.29 is 13.2 Å². The zero-order chi connectivity index (χ0) is 20.2. The van der Waals surface area contributed by atoms with Gasteiger partial charge in [0.2, 0.25) is 5.91 Å². The topological polar surface area (TPSA) is 78.8 Å². The number of carbonyl (C=O) groups is 1. The zero-order valence-corrected chi connectivity index (χ0v) is 18.4. The summed E-state index contributed by atoms with van der Waals surface area (Å²) < 4.78 is 27.1. The van der Waals surface area contributed by atoms with Gasteiger partial charge in [0.25, 0.3) is 10.0 Å². The molecule has 0 unspecified atom stereocenters. The molecule has 28 heavy (non-hydrogen) atoms. The number of piperidine rings is 1. The van der Waals surface area contributed by atoms with Crippen molar-refractivity contribution in [1.29, 1.82) is 0 Å². The molecule has 154 valence electrons. The van der Waals surface area contributed by atoms with Crippen LogP contribution in [0.4, 0.5) is 0 Å². The van der Waals surface area contributed by atoms with Crippen molar-refractivity contribution in [3.8, 4) is 0 Å². The molecule has 1 saturated heterocycles. The highest BCUT2D eigenvalue weighted by Gasteiger charge is 2.60. The van der Waals surface area contributed by atoms with Crippen molar-refractivity contribution in [2.45, 2.75) is 57.1 Å². The first-order chi connectivity index (χ1) is 13.2. The molecule has 0 spiro atoms. The van der Waals surface area contributed by atoms with Gasteiger partial charge >= 0.3 is 0 Å². The Morgan fingerprint density at radius 1 is 1.25 bits per heavy atom. The average molecular weight is 424 g/mol. The van der Waals surface area contributed by atoms with Gasteiger partial charge in [0, 0.05) is 30.1 Å². The molecule has 2 saturated carbocycles. The van der Waals surface area contributed by atoms with Crippen molar-refractivity contribution in [3.05, 3.63) is 17.5 Å². The number of hydrazone groups is 1. The zero-order valence-electron chi connectivity index (χ0n) is 16.8. The summed E-state index contributed by atoms with van der Waals surface area (Å²) in [4.78, 5) is 12.6. The maximum absolute atomic E-state index is 12.6. The van der Waals surface area contributed by atoms with E-state index in [0.29, 0.717) is 36.1 Å². The van der Waals surface area contributed by atoms with Crippen LogP contribution in [0.25, 0.3) is 0 Å². The number of rotatable bonds is 4. The lowest BCUT2D eigenvalue weighted by atomic mass is 9.70. The minimum Gasteiger partial charge on any atom is -0.273 e. The molecule has 2 heterocycles. The summed E-state index contributed by atoms with van der Waals surface area (Å²) in [6.07, 6.45) is 4.42. The fourth-order valence-electron chi connectivity index (χ4n) is 5.21. The van der Waals surface area contributed by atoms with Crippen LogP contribution in [0, 0.1) is 22.7 Å². The van der Waals surface area contributed by atoms with E-state index in [0.717, 1.165) is 18.6 Å². The minimum absolute atomic E-state index is 0.0725. The van der Waals surface area contributed by atoms with Crippen LogP contribution in [0.5, 0.6) is 0 Å². The van der Waals surface area contributed by atoms with E-state index >= 15 is 0 Å². The van der Waals surface area contributed by atoms with Crippen molar-refractivity contribution in [3.63, 3.8) is 0 Å². The molecule has 1 aromatic rings. The third kappa shape index (κ3) is 3.04. The molecule has 3 aliphatic rings. The maximum atomic E-state index is 12.6. The van der Waals surface area contributed by atoms with E-state index in [1.54, 1.807) is 17.5 Å². The van der Waals surface area contributed by atoms with Crippen LogP contribution in [0.3, 0.4) is 0 Å². The highest BCUT2D eigenvalue weighted by atomic mass is 32.2. The minimum atomic E-state index is -3.43. The highest BCUT2D eigenvalue weighted by Crippen LogP contribution is 2.63. The lowest BCUT2D eigenvalue weighted by molar-refractivity contribution is -0.126. The Labute approximate surface area is 171 Å². The SMILES string of the molecule is CC1(C)[C@H]2CC[C@@]1(C)/C(=N/NC(=O)C1CCN(S(=O)(=O)c3cccs3)CC1)C2. The van der Waals surface area contributed by atoms with Crippen LogP contribution in [0.2, 0.25) is 0 Å². The standard InChI is InChI=1S/C20H29N3O3S2/c1-19(2)15-6-9-20(19,3)16(13-15)21-22-18(24)14-7-10-23(11-8-14)28(25,26)17-5-4-12-27-17/h4-5,12,14-15H,6-11,13H2,1-3H3,(H,22,24)/b21-16+/t15-,20-/m0/s1. The smallest absolute Gasteiger partial charge is 0.252 e. The first kappa shape index (κ1) is 20.0. The largest absolute Gasteiger partial charge is 0.273 e. The Morgan fingerprint density at radius 2 is 1.96 bits per heavy atom. The van der Waals surface area contributed by atoms with Crippen molar-refractivity contribution in [2.24, 2.45) is 27.8 Å². The number of hydrogen-bond donors (Lipinski definition) is 1. The number of amides is 1. The second-order valence-corrected chi connectivity index (χ2v) is 12.3. The number of thiophene rings is 1. The predicted octanol–water partition coefficient (Wildman–Crippen LogP) is 3.47. The summed E-state index contributed by atoms with van der Waals surface area (Å²) in [5, 5.41) is 6.31. The fourth-order valence-corrected chi connectivity index (χ4v) is 7.82. The average Bonchev–Trinajstić information content (AvgIpc) is 3.33. The van der Waals surface area contributed by atoms with E-state index in [1.807, 2.05) is 0 Å². The summed E-state index contributed by atoms with van der Waals surface area (Å²) in [5.41, 5.74) is 4.24. The van der Waals surface area contributed by atoms with Crippen LogP contribution in [0.15, 0.2) is 26.8 Å². The number of fused-ring (bicyclic) bond motifs is 2. The normalized spacial score (nSPS) is 32.1. The van der Waals surface area contributed by atoms with Gasteiger partial charge in [-0.3, -0.25) is 4.79 Å². The molecular weight excluding hydrogens is 394 g/mol. The summed E-state index contributed by atoms with van der Waals surface area (Å²) in [6, 6.07) is 3.38. The molecule has 6 nitrogen and oxygen atoms in total. The molecule has 3 fully saturated rings. The van der Waals surface area contributed by atoms with E-state index in [2.05, 4.69) is 31.3 Å². The number of sulfonamides is 1. The first-order valence-electron chi connectivity index (χ1n) is 10.1. The van der Waals surface area contributed by atoms with Crippen LogP contribution >= 0.6 is 11.3 Å². The van der Waals surface area contributed by atoms with Gasteiger partial charge in [-0.15, -0.1) is 11.3 Å². The van der Waals surface area contributed by atoms with Gasteiger partial charge in [0.15, 0.2) is 0 Å². The molecule has 1 aliphatic heterocycles. The number of nitrogens with one attached hydrogen (secondary N) is 1. The van der Waals surface area contributed by atoms with Crippen molar-refractivity contribution in [2.75, 3.05) is 13.1 Å². The molecule has 1 amide bonds. The first-order valence-corrected chi connectivity index (χ1v) is 12.4. The van der Waals surface area contributed by atoms with Gasteiger partial charge in [-0.2, -0.15) is 9.41 Å². The summed E-state index contributed by atoms with van der Waals surface area (Å²) in [5.74, 6) is 0.391. The van der Waals surface area contributed by atoms with Crippen LogP contribution in [0.1, 0.15) is 52.9 Å². The molecule has 1 N–H and O–H groups in total. The molecular formula is C20H29N3O3S2. The summed E-state index contributed by atoms with van der Waals surface area (Å²) in [6.45, 7) is 7.67. The van der Waals surface area contributed by atoms with Gasteiger partial charge in [0.1, 0.15) is 4.21 Å². The third-order valence-corrected chi connectivity index (χ3v) is 11.0. The van der Waals surface area contributed by atoms with E-state index in [4.69, 9.17) is 0 Å². The highest BCUT2D eigenvalue weighted by molar-refractivity contribution is 7.91. The second-order valence-electron chi connectivity index (χ2n) is 9.14. The quantitative estimate of drug-likeness (QED) is 0.753. The van der Waals surface area contributed by atoms with Gasteiger partial charge in [-0.1, -0.05) is 26.8 Å². The number of nitrogens with zero attached hydrogens (tertiary/aromatic N) is 2. The molecule has 2 aliphatic carbocycles. The van der Waals surface area contributed by atoms with Gasteiger partial charge < -0.3 is 0 Å². The van der Waals surface area contributed by atoms with Crippen LogP contribution in [-0.4, -0.2) is 37.4 Å². The summed E-state index contributed by atoms with van der Waals surface area (Å²) in [7, 11) is -3.43. The number of carbonyl (C=O) groups excluding carboxylic acids is 1. The Balaban J connectivity index is 1.36. The Morgan fingerprint density at radius 3 is 2.50 bits per heavy atom. The molecule has 8 heteroatoms. The van der Waals surface area contributed by atoms with Gasteiger partial charge in [-0.25, -0.2) is 13.8 Å². The lowest BCUT2D eigenvalue weighted by Crippen LogP contribution is -2.42. The monoisotopic (exact) mass is 423 g/mol. The van der Waals surface area contributed by atoms with Crippen molar-refractivity contribution in [1.82, 2.24) is 9.73 Å². The van der Waals surface area contributed by atoms with E-state index < -0.39 is 10.0 Å². The van der Waals surface area contributed by atoms with Crippen molar-refractivity contribution >= 4 is 33.0 Å². The molecule has 0 aromatic carbocycles. The molecule has 1 aromatic heterocycles. The lowest BCUT2D eigenvalue weighted by Gasteiger charge is -2.34. The Bertz CT molecular complexity index is 884. The van der Waals surface area contributed by atoms with Gasteiger partial charge in [0.05, 0.1) is 0 Å². The van der Waals surface area contributed by atoms with Gasteiger partial charge in [-0.05, 0) is 54.9 Å². The fraction of sp³-hybridized carbons (Fsp3) is 0.700. The predicted molar refractivity (Wildman–Crippen MR) is 111 cm³/mol. The van der Waals surface area contributed by atoms with E-state index in [-0.39, 0.29) is 22.7 Å². The third-order valence-electron chi connectivity index (χ3n) is 7.73. The van der Waals surface area contributed by atoms with Crippen LogP contribution in [-0.2, 0) is 14.8 Å². The molecule has 4 rings (SSSR count). The van der Waals surface area contributed by atoms with E-state index in [1.165, 1.54) is 22.1 Å². The van der Waals surface area contributed by atoms with Crippen LogP contribution < -0.4 is 5.43 Å². The summed E-state index contributed by atoms with van der Waals surface area (Å²) >= 11 is 1.23. The molecule has 2 atom stereocenters. The maximum Gasteiger partial charge on any atom is 0.252 e. The Kier molecular flexibility index (Phi) is 4.95.